The summed E-state index contributed by atoms with van der Waals surface area (Å²) in [5.74, 6) is -0.420. The van der Waals surface area contributed by atoms with Gasteiger partial charge in [0, 0.05) is 64.0 Å². The maximum absolute atomic E-state index is 12.7. The van der Waals surface area contributed by atoms with E-state index < -0.39 is 15.9 Å². The van der Waals surface area contributed by atoms with E-state index in [1.54, 1.807) is 13.0 Å². The predicted octanol–water partition coefficient (Wildman–Crippen LogP) is 1.39. The van der Waals surface area contributed by atoms with Crippen molar-refractivity contribution in [1.82, 2.24) is 14.9 Å². The van der Waals surface area contributed by atoms with Crippen molar-refractivity contribution in [2.24, 2.45) is 0 Å². The predicted molar refractivity (Wildman–Crippen MR) is 130 cm³/mol. The van der Waals surface area contributed by atoms with Crippen LogP contribution in [0.3, 0.4) is 0 Å². The van der Waals surface area contributed by atoms with Gasteiger partial charge < -0.3 is 19.9 Å². The molecule has 0 spiro atoms. The minimum atomic E-state index is -3.75. The standard InChI is InChI=1S/C24H32N4O5S/c1-19-8-9-21(34(31,32)26-12-17-33-2)18-22(19)24(30)25-11-10-23(29)28-15-13-27(14-16-28)20-6-4-3-5-7-20/h3-9,18,26H,10-17H2,1-2H3,(H,25,30). The number of methoxy groups -OCH3 is 1. The van der Waals surface area contributed by atoms with E-state index in [1.807, 2.05) is 23.1 Å². The zero-order valence-corrected chi connectivity index (χ0v) is 20.4. The molecule has 1 aliphatic heterocycles. The van der Waals surface area contributed by atoms with Crippen molar-refractivity contribution in [3.63, 3.8) is 0 Å². The molecule has 1 aliphatic rings. The molecule has 0 saturated carbocycles. The summed E-state index contributed by atoms with van der Waals surface area (Å²) >= 11 is 0. The number of anilines is 1. The van der Waals surface area contributed by atoms with Gasteiger partial charge in [0.1, 0.15) is 0 Å². The number of benzene rings is 2. The molecule has 10 heteroatoms. The first-order valence-electron chi connectivity index (χ1n) is 11.3. The Hall–Kier alpha value is -2.95. The highest BCUT2D eigenvalue weighted by atomic mass is 32.2. The number of sulfonamides is 1. The first-order valence-corrected chi connectivity index (χ1v) is 12.8. The summed E-state index contributed by atoms with van der Waals surface area (Å²) in [6.07, 6.45) is 0.187. The van der Waals surface area contributed by atoms with Gasteiger partial charge in [-0.05, 0) is 36.8 Å². The molecule has 9 nitrogen and oxygen atoms in total. The number of amides is 2. The minimum absolute atomic E-state index is 0.00622. The normalized spacial score (nSPS) is 14.2. The lowest BCUT2D eigenvalue weighted by Gasteiger charge is -2.36. The van der Waals surface area contributed by atoms with Crippen LogP contribution in [0, 0.1) is 6.92 Å². The zero-order chi connectivity index (χ0) is 24.6. The van der Waals surface area contributed by atoms with Crippen LogP contribution in [0.5, 0.6) is 0 Å². The number of piperazine rings is 1. The number of ether oxygens (including phenoxy) is 1. The number of carbonyl (C=O) groups is 2. The van der Waals surface area contributed by atoms with Crippen molar-refractivity contribution in [3.8, 4) is 0 Å². The number of hydrogen-bond donors (Lipinski definition) is 2. The summed E-state index contributed by atoms with van der Waals surface area (Å²) in [5, 5.41) is 2.74. The van der Waals surface area contributed by atoms with Gasteiger partial charge in [-0.2, -0.15) is 0 Å². The third-order valence-electron chi connectivity index (χ3n) is 5.74. The fourth-order valence-corrected chi connectivity index (χ4v) is 4.80. The second-order valence-corrected chi connectivity index (χ2v) is 9.84. The summed E-state index contributed by atoms with van der Waals surface area (Å²) in [5.41, 5.74) is 2.06. The highest BCUT2D eigenvalue weighted by Crippen LogP contribution is 2.17. The number of nitrogens with one attached hydrogen (secondary N) is 2. The fourth-order valence-electron chi connectivity index (χ4n) is 3.76. The van der Waals surface area contributed by atoms with Crippen molar-refractivity contribution in [2.45, 2.75) is 18.2 Å². The molecule has 1 saturated heterocycles. The first-order chi connectivity index (χ1) is 16.3. The van der Waals surface area contributed by atoms with Crippen molar-refractivity contribution in [3.05, 3.63) is 59.7 Å². The molecular formula is C24H32N4O5S. The molecule has 1 heterocycles. The lowest BCUT2D eigenvalue weighted by molar-refractivity contribution is -0.131. The summed E-state index contributed by atoms with van der Waals surface area (Å²) in [7, 11) is -2.27. The lowest BCUT2D eigenvalue weighted by Crippen LogP contribution is -2.49. The minimum Gasteiger partial charge on any atom is -0.383 e. The molecule has 0 radical (unpaired) electrons. The molecule has 184 valence electrons. The van der Waals surface area contributed by atoms with Gasteiger partial charge in [0.15, 0.2) is 0 Å². The number of hydrogen-bond acceptors (Lipinski definition) is 6. The Morgan fingerprint density at radius 2 is 1.71 bits per heavy atom. The van der Waals surface area contributed by atoms with E-state index in [4.69, 9.17) is 4.74 Å². The highest BCUT2D eigenvalue weighted by molar-refractivity contribution is 7.89. The number of carbonyl (C=O) groups excluding carboxylic acids is 2. The molecular weight excluding hydrogens is 456 g/mol. The molecule has 2 aromatic rings. The van der Waals surface area contributed by atoms with Crippen LogP contribution in [-0.2, 0) is 19.6 Å². The van der Waals surface area contributed by atoms with Gasteiger partial charge in [-0.25, -0.2) is 13.1 Å². The summed E-state index contributed by atoms with van der Waals surface area (Å²) in [6, 6.07) is 14.5. The van der Waals surface area contributed by atoms with E-state index in [1.165, 1.54) is 19.2 Å². The molecule has 34 heavy (non-hydrogen) atoms. The van der Waals surface area contributed by atoms with E-state index in [2.05, 4.69) is 27.1 Å². The third-order valence-corrected chi connectivity index (χ3v) is 7.20. The summed E-state index contributed by atoms with van der Waals surface area (Å²) < 4.78 is 32.2. The highest BCUT2D eigenvalue weighted by Gasteiger charge is 2.22. The molecule has 0 aromatic heterocycles. The van der Waals surface area contributed by atoms with Crippen LogP contribution in [-0.4, -0.2) is 78.1 Å². The molecule has 0 unspecified atom stereocenters. The van der Waals surface area contributed by atoms with E-state index in [-0.39, 0.29) is 42.5 Å². The quantitative estimate of drug-likeness (QED) is 0.490. The van der Waals surface area contributed by atoms with Gasteiger partial charge in [0.25, 0.3) is 5.91 Å². The monoisotopic (exact) mass is 488 g/mol. The van der Waals surface area contributed by atoms with Crippen LogP contribution in [0.1, 0.15) is 22.3 Å². The smallest absolute Gasteiger partial charge is 0.251 e. The maximum atomic E-state index is 12.7. The Balaban J connectivity index is 1.49. The van der Waals surface area contributed by atoms with E-state index in [0.717, 1.165) is 18.8 Å². The molecule has 2 aromatic carbocycles. The van der Waals surface area contributed by atoms with Crippen LogP contribution in [0.25, 0.3) is 0 Å². The van der Waals surface area contributed by atoms with Gasteiger partial charge in [0.05, 0.1) is 11.5 Å². The van der Waals surface area contributed by atoms with Gasteiger partial charge >= 0.3 is 0 Å². The number of nitrogens with zero attached hydrogens (tertiary/aromatic N) is 2. The number of para-hydroxylation sites is 1. The average Bonchev–Trinajstić information content (AvgIpc) is 2.84. The topological polar surface area (TPSA) is 108 Å². The van der Waals surface area contributed by atoms with Gasteiger partial charge in [-0.3, -0.25) is 9.59 Å². The first kappa shape index (κ1) is 25.7. The molecule has 2 N–H and O–H groups in total. The largest absolute Gasteiger partial charge is 0.383 e. The van der Waals surface area contributed by atoms with E-state index >= 15 is 0 Å². The number of aryl methyl sites for hydroxylation is 1. The molecule has 0 atom stereocenters. The zero-order valence-electron chi connectivity index (χ0n) is 19.6. The SMILES string of the molecule is COCCNS(=O)(=O)c1ccc(C)c(C(=O)NCCC(=O)N2CCN(c3ccccc3)CC2)c1. The van der Waals surface area contributed by atoms with Gasteiger partial charge in [-0.1, -0.05) is 24.3 Å². The molecule has 0 bridgehead atoms. The van der Waals surface area contributed by atoms with Crippen molar-refractivity contribution in [1.29, 1.82) is 0 Å². The van der Waals surface area contributed by atoms with Crippen LogP contribution in [0.15, 0.2) is 53.4 Å². The second-order valence-electron chi connectivity index (χ2n) is 8.08. The maximum Gasteiger partial charge on any atom is 0.251 e. The van der Waals surface area contributed by atoms with Gasteiger partial charge in [-0.15, -0.1) is 0 Å². The van der Waals surface area contributed by atoms with Crippen LogP contribution in [0.4, 0.5) is 5.69 Å². The Labute approximate surface area is 201 Å². The van der Waals surface area contributed by atoms with Crippen LogP contribution < -0.4 is 14.9 Å². The Morgan fingerprint density at radius 1 is 1.00 bits per heavy atom. The van der Waals surface area contributed by atoms with E-state index in [0.29, 0.717) is 18.7 Å². The van der Waals surface area contributed by atoms with Crippen molar-refractivity contribution in [2.75, 3.05) is 57.9 Å². The lowest BCUT2D eigenvalue weighted by atomic mass is 10.1. The average molecular weight is 489 g/mol. The van der Waals surface area contributed by atoms with E-state index in [9.17, 15) is 18.0 Å². The van der Waals surface area contributed by atoms with Crippen LogP contribution >= 0.6 is 0 Å². The Bertz CT molecular complexity index is 1080. The summed E-state index contributed by atoms with van der Waals surface area (Å²) in [6.45, 7) is 5.10. The van der Waals surface area contributed by atoms with Crippen molar-refractivity contribution < 1.29 is 22.7 Å². The third kappa shape index (κ3) is 6.78. The fraction of sp³-hybridized carbons (Fsp3) is 0.417. The molecule has 2 amide bonds. The van der Waals surface area contributed by atoms with Crippen molar-refractivity contribution >= 4 is 27.5 Å². The molecule has 3 rings (SSSR count). The Morgan fingerprint density at radius 3 is 2.38 bits per heavy atom. The molecule has 0 aliphatic carbocycles. The number of rotatable bonds is 10. The second kappa shape index (κ2) is 12.0. The van der Waals surface area contributed by atoms with Crippen LogP contribution in [0.2, 0.25) is 0 Å². The Kier molecular flexibility index (Phi) is 9.03. The van der Waals surface area contributed by atoms with Gasteiger partial charge in [0.2, 0.25) is 15.9 Å². The molecule has 1 fully saturated rings. The summed E-state index contributed by atoms with van der Waals surface area (Å²) in [4.78, 5) is 29.4.